The maximum absolute atomic E-state index is 5.69. The molecule has 1 aromatic heterocycles. The fourth-order valence-electron chi connectivity index (χ4n) is 4.04. The van der Waals surface area contributed by atoms with Crippen molar-refractivity contribution in [3.63, 3.8) is 0 Å². The van der Waals surface area contributed by atoms with Gasteiger partial charge in [-0.2, -0.15) is 0 Å². The van der Waals surface area contributed by atoms with E-state index in [9.17, 15) is 0 Å². The van der Waals surface area contributed by atoms with Crippen molar-refractivity contribution < 1.29 is 9.47 Å². The summed E-state index contributed by atoms with van der Waals surface area (Å²) in [6, 6.07) is 14.6. The number of rotatable bonds is 4. The Hall–Kier alpha value is -2.53. The highest BCUT2D eigenvalue weighted by Gasteiger charge is 2.28. The zero-order valence-corrected chi connectivity index (χ0v) is 16.7. The van der Waals surface area contributed by atoms with E-state index in [1.165, 1.54) is 17.0 Å². The normalized spacial score (nSPS) is 16.0. The molecule has 2 aromatic carbocycles. The number of ether oxygens (including phenoxy) is 2. The number of hydrogen-bond acceptors (Lipinski definition) is 3. The molecule has 4 rings (SSSR count). The van der Waals surface area contributed by atoms with Gasteiger partial charge >= 0.3 is 0 Å². The van der Waals surface area contributed by atoms with Gasteiger partial charge in [-0.1, -0.05) is 12.1 Å². The Morgan fingerprint density at radius 2 is 1.85 bits per heavy atom. The Morgan fingerprint density at radius 1 is 1.07 bits per heavy atom. The van der Waals surface area contributed by atoms with Crippen molar-refractivity contribution in [2.45, 2.75) is 32.1 Å². The molecule has 1 atom stereocenters. The van der Waals surface area contributed by atoms with Crippen LogP contribution in [0.4, 0.5) is 0 Å². The Morgan fingerprint density at radius 3 is 2.56 bits per heavy atom. The highest BCUT2D eigenvalue weighted by molar-refractivity contribution is 7.71. The molecule has 0 aliphatic heterocycles. The zero-order chi connectivity index (χ0) is 19.0. The van der Waals surface area contributed by atoms with E-state index in [1.54, 1.807) is 14.2 Å². The highest BCUT2D eigenvalue weighted by Crippen LogP contribution is 2.39. The maximum Gasteiger partial charge on any atom is 0.182 e. The molecule has 3 aromatic rings. The van der Waals surface area contributed by atoms with Crippen molar-refractivity contribution in [1.29, 1.82) is 0 Å². The molecular formula is C22H24N2O2S. The molecule has 0 saturated heterocycles. The second-order valence-electron chi connectivity index (χ2n) is 7.00. The van der Waals surface area contributed by atoms with Gasteiger partial charge in [0.15, 0.2) is 4.77 Å². The maximum atomic E-state index is 5.69. The third-order valence-corrected chi connectivity index (χ3v) is 5.71. The summed E-state index contributed by atoms with van der Waals surface area (Å²) in [5, 5.41) is 0. The molecule has 0 fully saturated rings. The standard InChI is InChI=1S/C22H24N2O2S/c1-14-7-8-15(13-20(14)26-3)18-5-4-6-19-21(18)24(22(27)23-19)16-9-11-17(25-2)12-10-16/h7-13,18H,4-6H2,1-3H3,(H,23,27). The summed E-state index contributed by atoms with van der Waals surface area (Å²) in [6.07, 6.45) is 3.27. The molecule has 5 heteroatoms. The van der Waals surface area contributed by atoms with Crippen LogP contribution in [0.5, 0.6) is 11.5 Å². The fourth-order valence-corrected chi connectivity index (χ4v) is 4.36. The molecule has 1 unspecified atom stereocenters. The minimum absolute atomic E-state index is 0.290. The van der Waals surface area contributed by atoms with E-state index in [0.717, 1.165) is 46.8 Å². The largest absolute Gasteiger partial charge is 0.497 e. The number of nitrogens with one attached hydrogen (secondary N) is 1. The molecule has 140 valence electrons. The molecule has 0 radical (unpaired) electrons. The second-order valence-corrected chi connectivity index (χ2v) is 7.39. The van der Waals surface area contributed by atoms with Gasteiger partial charge in [-0.15, -0.1) is 0 Å². The third kappa shape index (κ3) is 3.16. The smallest absolute Gasteiger partial charge is 0.182 e. The first kappa shape index (κ1) is 17.9. The number of aromatic nitrogens is 2. The van der Waals surface area contributed by atoms with Gasteiger partial charge in [-0.05, 0) is 79.9 Å². The number of methoxy groups -OCH3 is 2. The predicted octanol–water partition coefficient (Wildman–Crippen LogP) is 5.33. The van der Waals surface area contributed by atoms with Gasteiger partial charge in [0, 0.05) is 17.3 Å². The third-order valence-electron chi connectivity index (χ3n) is 5.43. The van der Waals surface area contributed by atoms with E-state index in [1.807, 2.05) is 12.1 Å². The van der Waals surface area contributed by atoms with Crippen LogP contribution < -0.4 is 9.47 Å². The van der Waals surface area contributed by atoms with Crippen LogP contribution in [0.3, 0.4) is 0 Å². The van der Waals surface area contributed by atoms with E-state index in [2.05, 4.69) is 46.8 Å². The van der Waals surface area contributed by atoms with E-state index in [0.29, 0.717) is 5.92 Å². The van der Waals surface area contributed by atoms with Crippen LogP contribution in [0, 0.1) is 11.7 Å². The number of fused-ring (bicyclic) bond motifs is 1. The molecule has 4 nitrogen and oxygen atoms in total. The summed E-state index contributed by atoms with van der Waals surface area (Å²) in [7, 11) is 3.41. The molecule has 0 spiro atoms. The average Bonchev–Trinajstić information content (AvgIpc) is 3.04. The molecule has 27 heavy (non-hydrogen) atoms. The molecule has 0 amide bonds. The molecule has 0 saturated carbocycles. The van der Waals surface area contributed by atoms with Gasteiger partial charge in [0.05, 0.1) is 19.9 Å². The molecule has 0 bridgehead atoms. The number of aromatic amines is 1. The first-order valence-electron chi connectivity index (χ1n) is 9.25. The Bertz CT molecular complexity index is 1020. The second kappa shape index (κ2) is 7.24. The Balaban J connectivity index is 1.85. The predicted molar refractivity (Wildman–Crippen MR) is 110 cm³/mol. The van der Waals surface area contributed by atoms with Crippen molar-refractivity contribution in [2.75, 3.05) is 14.2 Å². The summed E-state index contributed by atoms with van der Waals surface area (Å²) in [5.41, 5.74) is 5.99. The number of imidazole rings is 1. The summed E-state index contributed by atoms with van der Waals surface area (Å²) < 4.78 is 13.8. The van der Waals surface area contributed by atoms with Gasteiger partial charge in [0.2, 0.25) is 0 Å². The lowest BCUT2D eigenvalue weighted by atomic mass is 9.84. The molecule has 1 aliphatic rings. The number of nitrogens with zero attached hydrogens (tertiary/aromatic N) is 1. The van der Waals surface area contributed by atoms with Gasteiger partial charge in [-0.25, -0.2) is 0 Å². The van der Waals surface area contributed by atoms with E-state index in [4.69, 9.17) is 21.7 Å². The Kier molecular flexibility index (Phi) is 4.79. The molecule has 1 aliphatic carbocycles. The molecule has 1 heterocycles. The topological polar surface area (TPSA) is 39.2 Å². The van der Waals surface area contributed by atoms with Gasteiger partial charge in [-0.3, -0.25) is 4.57 Å². The summed E-state index contributed by atoms with van der Waals surface area (Å²) in [4.78, 5) is 3.45. The number of benzene rings is 2. The summed E-state index contributed by atoms with van der Waals surface area (Å²) >= 11 is 5.69. The lowest BCUT2D eigenvalue weighted by Crippen LogP contribution is -2.15. The molecule has 1 N–H and O–H groups in total. The quantitative estimate of drug-likeness (QED) is 0.622. The number of H-pyrrole nitrogens is 1. The van der Waals surface area contributed by atoms with Crippen LogP contribution in [-0.2, 0) is 6.42 Å². The first-order chi connectivity index (χ1) is 13.1. The first-order valence-corrected chi connectivity index (χ1v) is 9.66. The van der Waals surface area contributed by atoms with Crippen LogP contribution in [-0.4, -0.2) is 23.8 Å². The van der Waals surface area contributed by atoms with Crippen molar-refractivity contribution in [1.82, 2.24) is 9.55 Å². The van der Waals surface area contributed by atoms with Gasteiger partial charge < -0.3 is 14.5 Å². The molecular weight excluding hydrogens is 356 g/mol. The van der Waals surface area contributed by atoms with Crippen molar-refractivity contribution in [3.05, 3.63) is 69.8 Å². The van der Waals surface area contributed by atoms with Crippen molar-refractivity contribution in [3.8, 4) is 17.2 Å². The minimum Gasteiger partial charge on any atom is -0.497 e. The summed E-state index contributed by atoms with van der Waals surface area (Å²) in [6.45, 7) is 2.07. The van der Waals surface area contributed by atoms with E-state index in [-0.39, 0.29) is 0 Å². The average molecular weight is 381 g/mol. The van der Waals surface area contributed by atoms with Gasteiger partial charge in [0.1, 0.15) is 11.5 Å². The lowest BCUT2D eigenvalue weighted by Gasteiger charge is -2.26. The van der Waals surface area contributed by atoms with Crippen LogP contribution in [0.2, 0.25) is 0 Å². The van der Waals surface area contributed by atoms with Crippen LogP contribution >= 0.6 is 12.2 Å². The summed E-state index contributed by atoms with van der Waals surface area (Å²) in [5.74, 6) is 2.07. The van der Waals surface area contributed by atoms with Crippen LogP contribution in [0.25, 0.3) is 5.69 Å². The fraction of sp³-hybridized carbons (Fsp3) is 0.318. The van der Waals surface area contributed by atoms with E-state index >= 15 is 0 Å². The highest BCUT2D eigenvalue weighted by atomic mass is 32.1. The lowest BCUT2D eigenvalue weighted by molar-refractivity contribution is 0.410. The zero-order valence-electron chi connectivity index (χ0n) is 15.9. The van der Waals surface area contributed by atoms with Crippen molar-refractivity contribution >= 4 is 12.2 Å². The SMILES string of the molecule is COc1ccc(-n2c3c([nH]c2=S)CCCC3c2ccc(C)c(OC)c2)cc1. The van der Waals surface area contributed by atoms with Crippen molar-refractivity contribution in [2.24, 2.45) is 0 Å². The van der Waals surface area contributed by atoms with Crippen LogP contribution in [0.15, 0.2) is 42.5 Å². The number of hydrogen-bond donors (Lipinski definition) is 1. The monoisotopic (exact) mass is 380 g/mol. The Labute approximate surface area is 164 Å². The number of aryl methyl sites for hydroxylation is 2. The van der Waals surface area contributed by atoms with E-state index < -0.39 is 0 Å². The minimum atomic E-state index is 0.290. The van der Waals surface area contributed by atoms with Crippen LogP contribution in [0.1, 0.15) is 41.3 Å². The van der Waals surface area contributed by atoms with Gasteiger partial charge in [0.25, 0.3) is 0 Å².